The number of carbonyl (C=O) groups excluding carboxylic acids is 1. The Labute approximate surface area is 149 Å². The quantitative estimate of drug-likeness (QED) is 0.589. The summed E-state index contributed by atoms with van der Waals surface area (Å²) in [5.74, 6) is -0.777. The van der Waals surface area contributed by atoms with E-state index in [-0.39, 0.29) is 17.1 Å². The molecule has 128 valence electrons. The highest BCUT2D eigenvalue weighted by Gasteiger charge is 2.32. The largest absolute Gasteiger partial charge is 0.294 e. The number of Topliss-reactive ketones (excluding diaryl/α,β-unsaturated/α-hetero) is 1. The third-order valence-corrected chi connectivity index (χ3v) is 7.08. The average molecular weight is 374 g/mol. The zero-order valence-electron chi connectivity index (χ0n) is 13.1. The van der Waals surface area contributed by atoms with E-state index >= 15 is 0 Å². The number of carbonyl (C=O) groups is 1. The minimum Gasteiger partial charge on any atom is -0.294 e. The van der Waals surface area contributed by atoms with Crippen molar-refractivity contribution >= 4 is 27.0 Å². The number of sulfone groups is 1. The Morgan fingerprint density at radius 2 is 1.64 bits per heavy atom. The van der Waals surface area contributed by atoms with Crippen molar-refractivity contribution < 1.29 is 17.6 Å². The standard InChI is InChI=1S/C19H15FO3S2/c20-15-10-8-14(9-11-15)17(21)13-19(18-7-4-12-24-18)25(22,23)16-5-2-1-3-6-16/h1-12,19H,13H2. The van der Waals surface area contributed by atoms with Crippen molar-refractivity contribution in [1.29, 1.82) is 0 Å². The van der Waals surface area contributed by atoms with Crippen LogP contribution in [0.4, 0.5) is 4.39 Å². The molecule has 6 heteroatoms. The summed E-state index contributed by atoms with van der Waals surface area (Å²) in [5.41, 5.74) is 0.297. The van der Waals surface area contributed by atoms with E-state index in [1.807, 2.05) is 0 Å². The van der Waals surface area contributed by atoms with Gasteiger partial charge in [0.15, 0.2) is 15.6 Å². The molecule has 3 aromatic rings. The van der Waals surface area contributed by atoms with Gasteiger partial charge in [-0.3, -0.25) is 4.79 Å². The second-order valence-electron chi connectivity index (χ2n) is 5.50. The Morgan fingerprint density at radius 3 is 2.24 bits per heavy atom. The fraction of sp³-hybridized carbons (Fsp3) is 0.105. The summed E-state index contributed by atoms with van der Waals surface area (Å²) in [5, 5.41) is 0.818. The Balaban J connectivity index is 1.96. The Morgan fingerprint density at radius 1 is 0.960 bits per heavy atom. The molecule has 0 saturated heterocycles. The first-order valence-electron chi connectivity index (χ1n) is 7.59. The third-order valence-electron chi connectivity index (χ3n) is 3.84. The van der Waals surface area contributed by atoms with E-state index < -0.39 is 20.9 Å². The van der Waals surface area contributed by atoms with Gasteiger partial charge in [-0.1, -0.05) is 24.3 Å². The molecule has 1 atom stereocenters. The Bertz CT molecular complexity index is 948. The van der Waals surface area contributed by atoms with E-state index in [1.165, 1.54) is 47.7 Å². The second-order valence-corrected chi connectivity index (χ2v) is 8.61. The molecule has 0 bridgehead atoms. The second kappa shape index (κ2) is 7.29. The van der Waals surface area contributed by atoms with Crippen LogP contribution in [0, 0.1) is 5.82 Å². The monoisotopic (exact) mass is 374 g/mol. The first kappa shape index (κ1) is 17.5. The minimum absolute atomic E-state index is 0.181. The summed E-state index contributed by atoms with van der Waals surface area (Å²) in [6.07, 6.45) is -0.191. The lowest BCUT2D eigenvalue weighted by Crippen LogP contribution is -2.17. The first-order chi connectivity index (χ1) is 12.0. The van der Waals surface area contributed by atoms with Crippen LogP contribution < -0.4 is 0 Å². The zero-order chi connectivity index (χ0) is 17.9. The van der Waals surface area contributed by atoms with Gasteiger partial charge in [-0.05, 0) is 47.8 Å². The molecule has 0 fully saturated rings. The highest BCUT2D eigenvalue weighted by atomic mass is 32.2. The molecule has 2 aromatic carbocycles. The van der Waals surface area contributed by atoms with Crippen molar-refractivity contribution in [2.45, 2.75) is 16.6 Å². The van der Waals surface area contributed by atoms with Crippen LogP contribution in [0.15, 0.2) is 77.0 Å². The molecule has 25 heavy (non-hydrogen) atoms. The molecule has 0 N–H and O–H groups in total. The molecule has 1 unspecified atom stereocenters. The molecule has 0 aliphatic rings. The number of halogens is 1. The highest BCUT2D eigenvalue weighted by molar-refractivity contribution is 7.91. The van der Waals surface area contributed by atoms with Crippen LogP contribution in [0.1, 0.15) is 26.9 Å². The molecule has 0 saturated carbocycles. The van der Waals surface area contributed by atoms with Gasteiger partial charge in [0.1, 0.15) is 11.1 Å². The fourth-order valence-corrected chi connectivity index (χ4v) is 5.41. The van der Waals surface area contributed by atoms with Gasteiger partial charge in [0.05, 0.1) is 4.90 Å². The number of rotatable bonds is 6. The number of benzene rings is 2. The lowest BCUT2D eigenvalue weighted by Gasteiger charge is -2.16. The summed E-state index contributed by atoms with van der Waals surface area (Å²) >= 11 is 1.30. The SMILES string of the molecule is O=C(CC(c1cccs1)S(=O)(=O)c1ccccc1)c1ccc(F)cc1. The summed E-state index contributed by atoms with van der Waals surface area (Å²) in [4.78, 5) is 13.3. The molecule has 0 aliphatic heterocycles. The van der Waals surface area contributed by atoms with Crippen molar-refractivity contribution in [3.63, 3.8) is 0 Å². The van der Waals surface area contributed by atoms with Crippen LogP contribution in [-0.2, 0) is 9.84 Å². The highest BCUT2D eigenvalue weighted by Crippen LogP contribution is 2.35. The maximum Gasteiger partial charge on any atom is 0.186 e. The molecule has 1 aromatic heterocycles. The molecule has 0 spiro atoms. The van der Waals surface area contributed by atoms with Crippen LogP contribution in [0.5, 0.6) is 0 Å². The summed E-state index contributed by atoms with van der Waals surface area (Å²) < 4.78 is 39.1. The van der Waals surface area contributed by atoms with Crippen molar-refractivity contribution in [2.24, 2.45) is 0 Å². The van der Waals surface area contributed by atoms with E-state index in [2.05, 4.69) is 0 Å². The molecular formula is C19H15FO3S2. The van der Waals surface area contributed by atoms with Crippen LogP contribution in [0.25, 0.3) is 0 Å². The third kappa shape index (κ3) is 3.86. The topological polar surface area (TPSA) is 51.2 Å². The van der Waals surface area contributed by atoms with Crippen molar-refractivity contribution in [3.8, 4) is 0 Å². The van der Waals surface area contributed by atoms with Crippen LogP contribution in [0.3, 0.4) is 0 Å². The zero-order valence-corrected chi connectivity index (χ0v) is 14.8. The molecule has 0 aliphatic carbocycles. The van der Waals surface area contributed by atoms with Crippen LogP contribution >= 0.6 is 11.3 Å². The van der Waals surface area contributed by atoms with E-state index in [0.29, 0.717) is 10.4 Å². The maximum atomic E-state index is 13.0. The molecular weight excluding hydrogens is 359 g/mol. The lowest BCUT2D eigenvalue weighted by atomic mass is 10.1. The Hall–Kier alpha value is -2.31. The fourth-order valence-electron chi connectivity index (χ4n) is 2.53. The molecule has 0 radical (unpaired) electrons. The van der Waals surface area contributed by atoms with E-state index in [1.54, 1.807) is 35.7 Å². The van der Waals surface area contributed by atoms with Gasteiger partial charge in [-0.2, -0.15) is 0 Å². The predicted octanol–water partition coefficient (Wildman–Crippen LogP) is 4.68. The van der Waals surface area contributed by atoms with E-state index in [4.69, 9.17) is 0 Å². The molecule has 0 amide bonds. The first-order valence-corrected chi connectivity index (χ1v) is 10.0. The van der Waals surface area contributed by atoms with Gasteiger partial charge in [0.25, 0.3) is 0 Å². The average Bonchev–Trinajstić information content (AvgIpc) is 3.15. The van der Waals surface area contributed by atoms with Gasteiger partial charge in [-0.25, -0.2) is 12.8 Å². The predicted molar refractivity (Wildman–Crippen MR) is 96.0 cm³/mol. The van der Waals surface area contributed by atoms with Gasteiger partial charge in [0, 0.05) is 16.9 Å². The van der Waals surface area contributed by atoms with Gasteiger partial charge in [0.2, 0.25) is 0 Å². The summed E-state index contributed by atoms with van der Waals surface area (Å²) in [7, 11) is -3.72. The Kier molecular flexibility index (Phi) is 5.11. The van der Waals surface area contributed by atoms with Gasteiger partial charge in [-0.15, -0.1) is 11.3 Å². The number of hydrogen-bond donors (Lipinski definition) is 0. The lowest BCUT2D eigenvalue weighted by molar-refractivity contribution is 0.0981. The van der Waals surface area contributed by atoms with E-state index in [0.717, 1.165) is 0 Å². The number of thiophene rings is 1. The van der Waals surface area contributed by atoms with Crippen molar-refractivity contribution in [3.05, 3.63) is 88.4 Å². The minimum atomic E-state index is -3.72. The molecule has 3 nitrogen and oxygen atoms in total. The van der Waals surface area contributed by atoms with Crippen molar-refractivity contribution in [2.75, 3.05) is 0 Å². The summed E-state index contributed by atoms with van der Waals surface area (Å²) in [6.45, 7) is 0. The van der Waals surface area contributed by atoms with Crippen LogP contribution in [0.2, 0.25) is 0 Å². The maximum absolute atomic E-state index is 13.0. The van der Waals surface area contributed by atoms with Crippen molar-refractivity contribution in [1.82, 2.24) is 0 Å². The molecule has 3 rings (SSSR count). The van der Waals surface area contributed by atoms with Gasteiger partial charge < -0.3 is 0 Å². The number of ketones is 1. The number of hydrogen-bond acceptors (Lipinski definition) is 4. The summed E-state index contributed by atoms with van der Waals surface area (Å²) in [6, 6.07) is 16.7. The smallest absolute Gasteiger partial charge is 0.186 e. The molecule has 1 heterocycles. The van der Waals surface area contributed by atoms with Gasteiger partial charge >= 0.3 is 0 Å². The van der Waals surface area contributed by atoms with Crippen LogP contribution in [-0.4, -0.2) is 14.2 Å². The van der Waals surface area contributed by atoms with E-state index in [9.17, 15) is 17.6 Å². The normalized spacial score (nSPS) is 12.7.